The molecule has 100 valence electrons. The van der Waals surface area contributed by atoms with Gasteiger partial charge in [0, 0.05) is 18.9 Å². The van der Waals surface area contributed by atoms with Crippen molar-refractivity contribution in [2.75, 3.05) is 17.2 Å². The highest BCUT2D eigenvalue weighted by atomic mass is 16.1. The third kappa shape index (κ3) is 1.96. The zero-order chi connectivity index (χ0) is 13.4. The van der Waals surface area contributed by atoms with Gasteiger partial charge in [-0.05, 0) is 19.3 Å². The third-order valence-corrected chi connectivity index (χ3v) is 3.48. The fraction of sp³-hybridized carbons (Fsp3) is 0.417. The quantitative estimate of drug-likeness (QED) is 0.800. The van der Waals surface area contributed by atoms with E-state index >= 15 is 0 Å². The Morgan fingerprint density at radius 1 is 1.42 bits per heavy atom. The standard InChI is InChI=1S/C12H16N6O/c13-9-7-17-6-4-15-11(17)12(16-9)18-5-2-1-3-8(18)10(14)19/h4,6-8H,1-3,5,13H2,(H2,14,19). The molecular formula is C12H16N6O. The van der Waals surface area contributed by atoms with Gasteiger partial charge in [0.05, 0.1) is 6.20 Å². The number of fused-ring (bicyclic) bond motifs is 1. The van der Waals surface area contributed by atoms with Gasteiger partial charge >= 0.3 is 0 Å². The Morgan fingerprint density at radius 3 is 3.05 bits per heavy atom. The molecule has 0 aliphatic carbocycles. The lowest BCUT2D eigenvalue weighted by Crippen LogP contribution is -2.48. The van der Waals surface area contributed by atoms with Crippen molar-refractivity contribution in [3.05, 3.63) is 18.6 Å². The Balaban J connectivity index is 2.11. The van der Waals surface area contributed by atoms with Crippen LogP contribution in [0.2, 0.25) is 0 Å². The smallest absolute Gasteiger partial charge is 0.240 e. The first kappa shape index (κ1) is 11.8. The number of nitrogens with zero attached hydrogens (tertiary/aromatic N) is 4. The molecule has 1 atom stereocenters. The second-order valence-electron chi connectivity index (χ2n) is 4.75. The molecule has 0 bridgehead atoms. The summed E-state index contributed by atoms with van der Waals surface area (Å²) in [5, 5.41) is 0. The molecule has 2 aromatic rings. The zero-order valence-corrected chi connectivity index (χ0v) is 10.5. The lowest BCUT2D eigenvalue weighted by Gasteiger charge is -2.34. The average molecular weight is 260 g/mol. The van der Waals surface area contributed by atoms with Crippen molar-refractivity contribution in [3.8, 4) is 0 Å². The summed E-state index contributed by atoms with van der Waals surface area (Å²) in [6, 6.07) is -0.330. The number of carbonyl (C=O) groups excluding carboxylic acids is 1. The van der Waals surface area contributed by atoms with Crippen molar-refractivity contribution in [1.82, 2.24) is 14.4 Å². The van der Waals surface area contributed by atoms with Gasteiger partial charge in [0.15, 0.2) is 11.5 Å². The highest BCUT2D eigenvalue weighted by Gasteiger charge is 2.29. The second-order valence-corrected chi connectivity index (χ2v) is 4.75. The molecular weight excluding hydrogens is 244 g/mol. The van der Waals surface area contributed by atoms with E-state index < -0.39 is 0 Å². The molecule has 3 rings (SSSR count). The summed E-state index contributed by atoms with van der Waals surface area (Å²) in [5.74, 6) is 0.705. The van der Waals surface area contributed by atoms with E-state index in [1.807, 2.05) is 9.30 Å². The van der Waals surface area contributed by atoms with Gasteiger partial charge in [0.1, 0.15) is 11.9 Å². The molecule has 0 spiro atoms. The summed E-state index contributed by atoms with van der Waals surface area (Å²) in [6.07, 6.45) is 7.95. The van der Waals surface area contributed by atoms with Gasteiger partial charge in [0.2, 0.25) is 5.91 Å². The van der Waals surface area contributed by atoms with Gasteiger partial charge < -0.3 is 20.8 Å². The Kier molecular flexibility index (Phi) is 2.73. The summed E-state index contributed by atoms with van der Waals surface area (Å²) >= 11 is 0. The first-order chi connectivity index (χ1) is 9.16. The van der Waals surface area contributed by atoms with Crippen molar-refractivity contribution in [1.29, 1.82) is 0 Å². The number of aromatic nitrogens is 3. The van der Waals surface area contributed by atoms with E-state index in [2.05, 4.69) is 9.97 Å². The predicted octanol–water partition coefficient (Wildman–Crippen LogP) is 0.156. The van der Waals surface area contributed by atoms with Crippen LogP contribution < -0.4 is 16.4 Å². The maximum Gasteiger partial charge on any atom is 0.240 e. The van der Waals surface area contributed by atoms with Gasteiger partial charge in [-0.3, -0.25) is 4.79 Å². The molecule has 0 aromatic carbocycles. The SMILES string of the molecule is NC(=O)C1CCCCN1c1nc(N)cn2ccnc12. The number of carbonyl (C=O) groups is 1. The van der Waals surface area contributed by atoms with Gasteiger partial charge in [-0.25, -0.2) is 9.97 Å². The Hall–Kier alpha value is -2.31. The van der Waals surface area contributed by atoms with E-state index in [1.54, 1.807) is 18.6 Å². The van der Waals surface area contributed by atoms with E-state index in [4.69, 9.17) is 11.5 Å². The Labute approximate surface area is 110 Å². The molecule has 7 heteroatoms. The topological polar surface area (TPSA) is 103 Å². The van der Waals surface area contributed by atoms with Crippen LogP contribution in [0.3, 0.4) is 0 Å². The molecule has 1 aliphatic heterocycles. The largest absolute Gasteiger partial charge is 0.382 e. The number of piperidine rings is 1. The fourth-order valence-electron chi connectivity index (χ4n) is 2.61. The number of hydrogen-bond acceptors (Lipinski definition) is 5. The highest BCUT2D eigenvalue weighted by molar-refractivity contribution is 5.85. The number of anilines is 2. The molecule has 1 unspecified atom stereocenters. The van der Waals surface area contributed by atoms with Crippen molar-refractivity contribution >= 4 is 23.2 Å². The van der Waals surface area contributed by atoms with Crippen molar-refractivity contribution < 1.29 is 4.79 Å². The number of amides is 1. The molecule has 1 amide bonds. The number of hydrogen-bond donors (Lipinski definition) is 2. The molecule has 2 aromatic heterocycles. The molecule has 1 saturated heterocycles. The second kappa shape index (κ2) is 4.42. The van der Waals surface area contributed by atoms with Gasteiger partial charge in [-0.1, -0.05) is 0 Å². The molecule has 1 fully saturated rings. The third-order valence-electron chi connectivity index (χ3n) is 3.48. The lowest BCUT2D eigenvalue weighted by atomic mass is 10.0. The van der Waals surface area contributed by atoms with Crippen LogP contribution in [0.1, 0.15) is 19.3 Å². The van der Waals surface area contributed by atoms with E-state index in [9.17, 15) is 4.79 Å². The zero-order valence-electron chi connectivity index (χ0n) is 10.5. The minimum atomic E-state index is -0.330. The van der Waals surface area contributed by atoms with Gasteiger partial charge in [-0.15, -0.1) is 0 Å². The first-order valence-electron chi connectivity index (χ1n) is 6.32. The maximum absolute atomic E-state index is 11.6. The first-order valence-corrected chi connectivity index (χ1v) is 6.32. The number of nitrogens with two attached hydrogens (primary N) is 2. The van der Waals surface area contributed by atoms with E-state index in [1.165, 1.54) is 0 Å². The molecule has 3 heterocycles. The number of imidazole rings is 1. The van der Waals surface area contributed by atoms with Crippen molar-refractivity contribution in [2.24, 2.45) is 5.73 Å². The summed E-state index contributed by atoms with van der Waals surface area (Å²) in [5.41, 5.74) is 12.0. The maximum atomic E-state index is 11.6. The molecule has 0 radical (unpaired) electrons. The van der Waals surface area contributed by atoms with Crippen LogP contribution in [0, 0.1) is 0 Å². The van der Waals surface area contributed by atoms with Crippen LogP contribution in [0.15, 0.2) is 18.6 Å². The molecule has 1 aliphatic rings. The predicted molar refractivity (Wildman–Crippen MR) is 71.6 cm³/mol. The van der Waals surface area contributed by atoms with E-state index in [0.717, 1.165) is 25.8 Å². The minimum absolute atomic E-state index is 0.325. The normalized spacial score (nSPS) is 19.8. The van der Waals surface area contributed by atoms with E-state index in [-0.39, 0.29) is 11.9 Å². The molecule has 7 nitrogen and oxygen atoms in total. The van der Waals surface area contributed by atoms with Crippen LogP contribution in [0.25, 0.3) is 5.65 Å². The van der Waals surface area contributed by atoms with Crippen LogP contribution in [-0.4, -0.2) is 32.9 Å². The Morgan fingerprint density at radius 2 is 2.26 bits per heavy atom. The van der Waals surface area contributed by atoms with Gasteiger partial charge in [-0.2, -0.15) is 0 Å². The summed E-state index contributed by atoms with van der Waals surface area (Å²) < 4.78 is 1.81. The van der Waals surface area contributed by atoms with Crippen LogP contribution in [0.4, 0.5) is 11.6 Å². The molecule has 19 heavy (non-hydrogen) atoms. The lowest BCUT2D eigenvalue weighted by molar-refractivity contribution is -0.119. The van der Waals surface area contributed by atoms with Crippen LogP contribution in [-0.2, 0) is 4.79 Å². The van der Waals surface area contributed by atoms with Crippen LogP contribution in [0.5, 0.6) is 0 Å². The molecule has 4 N–H and O–H groups in total. The summed E-state index contributed by atoms with van der Waals surface area (Å²) in [4.78, 5) is 22.1. The summed E-state index contributed by atoms with van der Waals surface area (Å²) in [6.45, 7) is 0.743. The van der Waals surface area contributed by atoms with Gasteiger partial charge in [0.25, 0.3) is 0 Å². The average Bonchev–Trinajstić information content (AvgIpc) is 2.85. The Bertz CT molecular complexity index is 622. The van der Waals surface area contributed by atoms with E-state index in [0.29, 0.717) is 17.3 Å². The van der Waals surface area contributed by atoms with Crippen molar-refractivity contribution in [2.45, 2.75) is 25.3 Å². The van der Waals surface area contributed by atoms with Crippen molar-refractivity contribution in [3.63, 3.8) is 0 Å². The molecule has 0 saturated carbocycles. The number of nitrogen functional groups attached to an aromatic ring is 1. The summed E-state index contributed by atoms with van der Waals surface area (Å²) in [7, 11) is 0. The number of primary amides is 1. The monoisotopic (exact) mass is 260 g/mol. The highest BCUT2D eigenvalue weighted by Crippen LogP contribution is 2.26. The fourth-order valence-corrected chi connectivity index (χ4v) is 2.61. The number of rotatable bonds is 2. The van der Waals surface area contributed by atoms with Crippen LogP contribution >= 0.6 is 0 Å². The minimum Gasteiger partial charge on any atom is -0.382 e.